The predicted octanol–water partition coefficient (Wildman–Crippen LogP) is 2.80. The van der Waals surface area contributed by atoms with Gasteiger partial charge in [-0.1, -0.05) is 42.5 Å². The van der Waals surface area contributed by atoms with Crippen molar-refractivity contribution in [2.45, 2.75) is 6.61 Å². The molecule has 0 spiro atoms. The third kappa shape index (κ3) is 4.01. The minimum atomic E-state index is 0. The van der Waals surface area contributed by atoms with E-state index in [1.165, 1.54) is 5.56 Å². The molecule has 16 heavy (non-hydrogen) atoms. The van der Waals surface area contributed by atoms with Gasteiger partial charge in [-0.15, -0.1) is 0 Å². The van der Waals surface area contributed by atoms with Crippen LogP contribution in [0, 0.1) is 6.92 Å². The summed E-state index contributed by atoms with van der Waals surface area (Å²) in [7, 11) is 0. The van der Waals surface area contributed by atoms with Crippen LogP contribution in [0.4, 0.5) is 0 Å². The predicted molar refractivity (Wildman–Crippen MR) is 68.8 cm³/mol. The second-order valence-corrected chi connectivity index (χ2v) is 3.42. The van der Waals surface area contributed by atoms with Crippen molar-refractivity contribution in [2.24, 2.45) is 0 Å². The summed E-state index contributed by atoms with van der Waals surface area (Å²) in [6, 6.07) is 17.9. The van der Waals surface area contributed by atoms with E-state index in [2.05, 4.69) is 19.1 Å². The Labute approximate surface area is 119 Å². The van der Waals surface area contributed by atoms with Crippen molar-refractivity contribution in [1.82, 2.24) is 0 Å². The Bertz CT molecular complexity index is 409. The van der Waals surface area contributed by atoms with Crippen LogP contribution in [0.2, 0.25) is 0 Å². The number of hydrogen-bond donors (Lipinski definition) is 0. The van der Waals surface area contributed by atoms with E-state index >= 15 is 0 Å². The van der Waals surface area contributed by atoms with Crippen molar-refractivity contribution in [3.05, 3.63) is 72.6 Å². The number of ether oxygens (including phenoxy) is 1. The molecule has 1 radical (unpaired) electrons. The molecular formula is C14H14NaO. The first-order chi connectivity index (χ1) is 7.34. The molecule has 0 bridgehead atoms. The van der Waals surface area contributed by atoms with Gasteiger partial charge in [0.25, 0.3) is 0 Å². The van der Waals surface area contributed by atoms with Crippen LogP contribution in [0.25, 0.3) is 0 Å². The first-order valence-electron chi connectivity index (χ1n) is 4.93. The average molecular weight is 221 g/mol. The second-order valence-electron chi connectivity index (χ2n) is 3.42. The number of hydrogen-bond acceptors (Lipinski definition) is 1. The summed E-state index contributed by atoms with van der Waals surface area (Å²) in [5.74, 6) is 0.881. The molecule has 77 valence electrons. The molecule has 0 heterocycles. The van der Waals surface area contributed by atoms with Gasteiger partial charge in [-0.05, 0) is 30.2 Å². The molecule has 0 aliphatic heterocycles. The normalized spacial score (nSPS) is 9.31. The molecule has 2 aromatic carbocycles. The Morgan fingerprint density at radius 1 is 0.875 bits per heavy atom. The van der Waals surface area contributed by atoms with Gasteiger partial charge in [0.2, 0.25) is 0 Å². The third-order valence-electron chi connectivity index (χ3n) is 2.17. The second kappa shape index (κ2) is 6.74. The van der Waals surface area contributed by atoms with Crippen LogP contribution in [0.3, 0.4) is 0 Å². The molecule has 2 heteroatoms. The third-order valence-corrected chi connectivity index (χ3v) is 2.17. The zero-order chi connectivity index (χ0) is 10.5. The fraction of sp³-hybridized carbons (Fsp3) is 0.0714. The van der Waals surface area contributed by atoms with E-state index in [1.54, 1.807) is 0 Å². The van der Waals surface area contributed by atoms with Crippen molar-refractivity contribution in [1.29, 1.82) is 0 Å². The van der Waals surface area contributed by atoms with E-state index in [4.69, 9.17) is 4.74 Å². The molecule has 1 nitrogen and oxygen atoms in total. The SMILES string of the molecule is [CH2]c1ccc(OCc2ccccc2)cc1.[NaH]. The summed E-state index contributed by atoms with van der Waals surface area (Å²) in [6.07, 6.45) is 0. The number of rotatable bonds is 3. The zero-order valence-corrected chi connectivity index (χ0v) is 8.52. The summed E-state index contributed by atoms with van der Waals surface area (Å²) in [6.45, 7) is 4.43. The van der Waals surface area contributed by atoms with Gasteiger partial charge in [0.1, 0.15) is 12.4 Å². The van der Waals surface area contributed by atoms with E-state index in [-0.39, 0.29) is 29.6 Å². The van der Waals surface area contributed by atoms with Crippen LogP contribution >= 0.6 is 0 Å². The molecule has 0 aromatic heterocycles. The fourth-order valence-corrected chi connectivity index (χ4v) is 1.33. The molecule has 0 fully saturated rings. The summed E-state index contributed by atoms with van der Waals surface area (Å²) in [5.41, 5.74) is 2.18. The molecule has 0 amide bonds. The van der Waals surface area contributed by atoms with Crippen molar-refractivity contribution >= 4 is 29.6 Å². The summed E-state index contributed by atoms with van der Waals surface area (Å²) in [4.78, 5) is 0. The van der Waals surface area contributed by atoms with Gasteiger partial charge in [-0.2, -0.15) is 0 Å². The van der Waals surface area contributed by atoms with Crippen molar-refractivity contribution in [2.75, 3.05) is 0 Å². The van der Waals surface area contributed by atoms with Crippen molar-refractivity contribution in [3.63, 3.8) is 0 Å². The molecule has 0 unspecified atom stereocenters. The van der Waals surface area contributed by atoms with Crippen LogP contribution in [-0.4, -0.2) is 29.6 Å². The molecule has 0 N–H and O–H groups in total. The molecule has 0 saturated carbocycles. The summed E-state index contributed by atoms with van der Waals surface area (Å²) in [5, 5.41) is 0. The van der Waals surface area contributed by atoms with Crippen LogP contribution in [0.5, 0.6) is 5.75 Å². The van der Waals surface area contributed by atoms with Crippen molar-refractivity contribution < 1.29 is 4.74 Å². The van der Waals surface area contributed by atoms with Gasteiger partial charge in [-0.25, -0.2) is 0 Å². The van der Waals surface area contributed by atoms with Crippen LogP contribution in [0.1, 0.15) is 11.1 Å². The Morgan fingerprint density at radius 3 is 2.12 bits per heavy atom. The van der Waals surface area contributed by atoms with E-state index in [1.807, 2.05) is 42.5 Å². The van der Waals surface area contributed by atoms with E-state index in [9.17, 15) is 0 Å². The minimum absolute atomic E-state index is 0. The maximum atomic E-state index is 5.62. The monoisotopic (exact) mass is 221 g/mol. The van der Waals surface area contributed by atoms with Gasteiger partial charge in [0.15, 0.2) is 0 Å². The summed E-state index contributed by atoms with van der Waals surface area (Å²) >= 11 is 0. The molecular weight excluding hydrogens is 207 g/mol. The Kier molecular flexibility index (Phi) is 5.61. The summed E-state index contributed by atoms with van der Waals surface area (Å²) < 4.78 is 5.62. The van der Waals surface area contributed by atoms with Gasteiger partial charge in [0.05, 0.1) is 0 Å². The van der Waals surface area contributed by atoms with E-state index < -0.39 is 0 Å². The molecule has 0 aliphatic carbocycles. The molecule has 0 aliphatic rings. The van der Waals surface area contributed by atoms with Gasteiger partial charge >= 0.3 is 29.6 Å². The van der Waals surface area contributed by atoms with E-state index in [0.717, 1.165) is 11.3 Å². The Morgan fingerprint density at radius 2 is 1.50 bits per heavy atom. The first-order valence-corrected chi connectivity index (χ1v) is 4.93. The van der Waals surface area contributed by atoms with Gasteiger partial charge in [0, 0.05) is 0 Å². The zero-order valence-electron chi connectivity index (χ0n) is 8.52. The Balaban J connectivity index is 0.00000128. The molecule has 0 atom stereocenters. The van der Waals surface area contributed by atoms with Gasteiger partial charge in [-0.3, -0.25) is 0 Å². The average Bonchev–Trinajstić information content (AvgIpc) is 2.30. The van der Waals surface area contributed by atoms with Crippen LogP contribution in [-0.2, 0) is 6.61 Å². The maximum absolute atomic E-state index is 5.62. The molecule has 2 rings (SSSR count). The van der Waals surface area contributed by atoms with Crippen LogP contribution < -0.4 is 4.74 Å². The topological polar surface area (TPSA) is 9.23 Å². The van der Waals surface area contributed by atoms with Gasteiger partial charge < -0.3 is 4.74 Å². The van der Waals surface area contributed by atoms with Crippen LogP contribution in [0.15, 0.2) is 54.6 Å². The molecule has 2 aromatic rings. The fourth-order valence-electron chi connectivity index (χ4n) is 1.33. The number of benzene rings is 2. The molecule has 0 saturated heterocycles. The van der Waals surface area contributed by atoms with Crippen molar-refractivity contribution in [3.8, 4) is 5.75 Å². The van der Waals surface area contributed by atoms with E-state index in [0.29, 0.717) is 6.61 Å². The first kappa shape index (κ1) is 13.3. The Hall–Kier alpha value is -0.760. The quantitative estimate of drug-likeness (QED) is 0.724. The standard InChI is InChI=1S/C14H13O.Na.H/c1-12-7-9-14(10-8-12)15-11-13-5-3-2-4-6-13;;/h2-10H,1,11H2;;.